The van der Waals surface area contributed by atoms with E-state index in [2.05, 4.69) is 50.1 Å². The fourth-order valence-electron chi connectivity index (χ4n) is 3.81. The van der Waals surface area contributed by atoms with Gasteiger partial charge in [-0.25, -0.2) is 9.97 Å². The number of amides is 1. The van der Waals surface area contributed by atoms with E-state index >= 15 is 0 Å². The zero-order chi connectivity index (χ0) is 25.1. The van der Waals surface area contributed by atoms with Crippen molar-refractivity contribution in [2.75, 3.05) is 26.2 Å². The van der Waals surface area contributed by atoms with Crippen LogP contribution in [0, 0.1) is 6.92 Å². The molecular weight excluding hydrogens is 424 g/mol. The number of imidazole rings is 1. The lowest BCUT2D eigenvalue weighted by Gasteiger charge is -2.17. The fraction of sp³-hybridized carbons (Fsp3) is 0.444. The van der Waals surface area contributed by atoms with Gasteiger partial charge in [0.2, 0.25) is 0 Å². The van der Waals surface area contributed by atoms with Crippen molar-refractivity contribution in [3.63, 3.8) is 0 Å². The van der Waals surface area contributed by atoms with E-state index in [1.807, 2.05) is 58.9 Å². The van der Waals surface area contributed by atoms with Gasteiger partial charge in [0.25, 0.3) is 5.91 Å². The summed E-state index contributed by atoms with van der Waals surface area (Å²) >= 11 is 0. The number of hydrogen-bond acceptors (Lipinski definition) is 4. The van der Waals surface area contributed by atoms with Crippen LogP contribution >= 0.6 is 0 Å². The summed E-state index contributed by atoms with van der Waals surface area (Å²) in [6.45, 7) is 18.0. The molecule has 3 N–H and O–H groups in total. The van der Waals surface area contributed by atoms with Crippen LogP contribution in [-0.4, -0.2) is 56.9 Å². The molecule has 3 heterocycles. The molecule has 1 amide bonds. The molecule has 0 spiro atoms. The van der Waals surface area contributed by atoms with Crippen molar-refractivity contribution >= 4 is 28.0 Å². The summed E-state index contributed by atoms with van der Waals surface area (Å²) in [4.78, 5) is 30.4. The van der Waals surface area contributed by atoms with Crippen LogP contribution in [0.5, 0.6) is 0 Å². The average Bonchev–Trinajstić information content (AvgIpc) is 3.48. The molecular formula is C27H40N6O. The second-order valence-corrected chi connectivity index (χ2v) is 7.50. The molecule has 3 aromatic heterocycles. The molecule has 7 nitrogen and oxygen atoms in total. The maximum absolute atomic E-state index is 12.6. The number of carbonyl (C=O) groups is 1. The molecule has 0 atom stereocenters. The second-order valence-electron chi connectivity index (χ2n) is 7.50. The van der Waals surface area contributed by atoms with Crippen LogP contribution in [0.25, 0.3) is 33.3 Å². The van der Waals surface area contributed by atoms with Gasteiger partial charge in [0.05, 0.1) is 5.52 Å². The molecule has 0 saturated carbocycles. The minimum atomic E-state index is -0.0388. The van der Waals surface area contributed by atoms with Crippen molar-refractivity contribution in [1.82, 2.24) is 30.2 Å². The summed E-state index contributed by atoms with van der Waals surface area (Å²) in [6.07, 6.45) is 2.71. The maximum Gasteiger partial charge on any atom is 0.251 e. The SMILES string of the molecule is CC.CC.CCN(CC)CCCNC(=O)c1ccc2cc(-c3ccnc4nc(C)[nH]c34)[nH]c2c1. The Kier molecular flexibility index (Phi) is 10.7. The summed E-state index contributed by atoms with van der Waals surface area (Å²) in [5.41, 5.74) is 5.19. The van der Waals surface area contributed by atoms with Gasteiger partial charge in [-0.3, -0.25) is 4.79 Å². The van der Waals surface area contributed by atoms with Crippen molar-refractivity contribution in [3.8, 4) is 11.3 Å². The Morgan fingerprint density at radius 3 is 2.47 bits per heavy atom. The van der Waals surface area contributed by atoms with Crippen LogP contribution < -0.4 is 5.32 Å². The molecule has 7 heteroatoms. The lowest BCUT2D eigenvalue weighted by atomic mass is 10.1. The number of nitrogens with one attached hydrogen (secondary N) is 3. The van der Waals surface area contributed by atoms with Gasteiger partial charge in [-0.2, -0.15) is 0 Å². The van der Waals surface area contributed by atoms with Crippen molar-refractivity contribution in [3.05, 3.63) is 47.9 Å². The molecule has 4 aromatic rings. The van der Waals surface area contributed by atoms with Crippen molar-refractivity contribution in [1.29, 1.82) is 0 Å². The summed E-state index contributed by atoms with van der Waals surface area (Å²) < 4.78 is 0. The Bertz CT molecular complexity index is 1170. The van der Waals surface area contributed by atoms with Gasteiger partial charge in [-0.05, 0) is 57.2 Å². The van der Waals surface area contributed by atoms with Gasteiger partial charge < -0.3 is 20.2 Å². The molecule has 0 aliphatic heterocycles. The van der Waals surface area contributed by atoms with Gasteiger partial charge in [-0.1, -0.05) is 47.6 Å². The molecule has 0 unspecified atom stereocenters. The normalized spacial score (nSPS) is 10.6. The molecule has 0 aliphatic rings. The van der Waals surface area contributed by atoms with Gasteiger partial charge in [-0.15, -0.1) is 0 Å². The maximum atomic E-state index is 12.6. The van der Waals surface area contributed by atoms with Crippen LogP contribution in [0.4, 0.5) is 0 Å². The van der Waals surface area contributed by atoms with E-state index in [1.54, 1.807) is 6.20 Å². The Hall–Kier alpha value is -3.19. The van der Waals surface area contributed by atoms with E-state index in [-0.39, 0.29) is 5.91 Å². The second kappa shape index (κ2) is 13.5. The van der Waals surface area contributed by atoms with Crippen molar-refractivity contribution in [2.45, 2.75) is 54.9 Å². The largest absolute Gasteiger partial charge is 0.354 e. The van der Waals surface area contributed by atoms with Crippen LogP contribution in [0.1, 0.15) is 64.1 Å². The summed E-state index contributed by atoms with van der Waals surface area (Å²) in [5.74, 6) is 0.795. The van der Waals surface area contributed by atoms with Gasteiger partial charge >= 0.3 is 0 Å². The summed E-state index contributed by atoms with van der Waals surface area (Å²) in [6, 6.07) is 9.83. The van der Waals surface area contributed by atoms with Crippen LogP contribution in [0.3, 0.4) is 0 Å². The molecule has 0 aliphatic carbocycles. The Morgan fingerprint density at radius 1 is 1.03 bits per heavy atom. The first-order valence-electron chi connectivity index (χ1n) is 12.5. The third-order valence-electron chi connectivity index (χ3n) is 5.52. The predicted octanol–water partition coefficient (Wildman–Crippen LogP) is 5.93. The van der Waals surface area contributed by atoms with Crippen molar-refractivity contribution < 1.29 is 4.79 Å². The topological polar surface area (TPSA) is 89.7 Å². The number of aryl methyl sites for hydroxylation is 1. The standard InChI is InChI=1S/C23H28N6O.2C2H6/c1-4-29(5-2)12-6-10-25-23(30)17-8-7-16-13-20(28-19(16)14-17)18-9-11-24-22-21(18)26-15(3)27-22;2*1-2/h7-9,11,13-14,28H,4-6,10,12H2,1-3H3,(H,25,30)(H,24,26,27);2*1-2H3. The molecule has 0 saturated heterocycles. The van der Waals surface area contributed by atoms with Gasteiger partial charge in [0.15, 0.2) is 5.65 Å². The third kappa shape index (κ3) is 6.44. The summed E-state index contributed by atoms with van der Waals surface area (Å²) in [5, 5.41) is 4.09. The Balaban J connectivity index is 0.000000970. The van der Waals surface area contributed by atoms with E-state index in [4.69, 9.17) is 0 Å². The van der Waals surface area contributed by atoms with E-state index in [0.717, 1.165) is 59.6 Å². The molecule has 184 valence electrons. The molecule has 0 fully saturated rings. The Labute approximate surface area is 203 Å². The van der Waals surface area contributed by atoms with Gasteiger partial charge in [0, 0.05) is 40.5 Å². The highest BCUT2D eigenvalue weighted by atomic mass is 16.1. The smallest absolute Gasteiger partial charge is 0.251 e. The average molecular weight is 465 g/mol. The van der Waals surface area contributed by atoms with E-state index < -0.39 is 0 Å². The number of hydrogen-bond donors (Lipinski definition) is 3. The number of aromatic amines is 2. The highest BCUT2D eigenvalue weighted by Gasteiger charge is 2.12. The monoisotopic (exact) mass is 464 g/mol. The quantitative estimate of drug-likeness (QED) is 0.282. The lowest BCUT2D eigenvalue weighted by Crippen LogP contribution is -2.29. The summed E-state index contributed by atoms with van der Waals surface area (Å²) in [7, 11) is 0. The highest BCUT2D eigenvalue weighted by molar-refractivity contribution is 6.00. The highest BCUT2D eigenvalue weighted by Crippen LogP contribution is 2.29. The minimum Gasteiger partial charge on any atom is -0.354 e. The molecule has 1 aromatic carbocycles. The first-order valence-corrected chi connectivity index (χ1v) is 12.5. The number of nitrogens with zero attached hydrogens (tertiary/aromatic N) is 3. The van der Waals surface area contributed by atoms with Crippen LogP contribution in [-0.2, 0) is 0 Å². The minimum absolute atomic E-state index is 0.0388. The lowest BCUT2D eigenvalue weighted by molar-refractivity contribution is 0.0952. The fourth-order valence-corrected chi connectivity index (χ4v) is 3.81. The molecule has 0 bridgehead atoms. The van der Waals surface area contributed by atoms with Crippen LogP contribution in [0.15, 0.2) is 36.5 Å². The zero-order valence-electron chi connectivity index (χ0n) is 21.7. The van der Waals surface area contributed by atoms with Gasteiger partial charge in [0.1, 0.15) is 5.82 Å². The number of rotatable bonds is 8. The molecule has 34 heavy (non-hydrogen) atoms. The molecule has 4 rings (SSSR count). The Morgan fingerprint density at radius 2 is 1.76 bits per heavy atom. The number of carbonyl (C=O) groups excluding carboxylic acids is 1. The van der Waals surface area contributed by atoms with Crippen LogP contribution in [0.2, 0.25) is 0 Å². The predicted molar refractivity (Wildman–Crippen MR) is 143 cm³/mol. The number of fused-ring (bicyclic) bond motifs is 2. The van der Waals surface area contributed by atoms with E-state index in [0.29, 0.717) is 17.8 Å². The van der Waals surface area contributed by atoms with E-state index in [9.17, 15) is 4.79 Å². The number of pyridine rings is 1. The first-order chi connectivity index (χ1) is 16.6. The number of aromatic nitrogens is 4. The number of H-pyrrole nitrogens is 2. The van der Waals surface area contributed by atoms with Crippen molar-refractivity contribution in [2.24, 2.45) is 0 Å². The zero-order valence-corrected chi connectivity index (χ0v) is 21.7. The molecule has 0 radical (unpaired) electrons. The number of benzene rings is 1. The first kappa shape index (κ1) is 27.1. The van der Waals surface area contributed by atoms with E-state index in [1.165, 1.54) is 0 Å². The third-order valence-corrected chi connectivity index (χ3v) is 5.52.